The molecule has 5 heteroatoms. The number of carboxylic acids is 1. The lowest BCUT2D eigenvalue weighted by Crippen LogP contribution is -2.30. The van der Waals surface area contributed by atoms with Crippen molar-refractivity contribution in [3.8, 4) is 0 Å². The number of amides is 1. The van der Waals surface area contributed by atoms with E-state index in [0.29, 0.717) is 19.5 Å². The number of rotatable bonds is 6. The first-order valence-corrected chi connectivity index (χ1v) is 2.87. The summed E-state index contributed by atoms with van der Waals surface area (Å²) in [7, 11) is 0. The zero-order chi connectivity index (χ0) is 7.82. The Hall–Kier alpha value is -1.10. The Kier molecular flexibility index (Phi) is 5.36. The van der Waals surface area contributed by atoms with Gasteiger partial charge in [-0.1, -0.05) is 0 Å². The molecule has 0 bridgehead atoms. The van der Waals surface area contributed by atoms with E-state index in [1.165, 1.54) is 0 Å². The molecule has 0 spiro atoms. The Labute approximate surface area is 58.4 Å². The van der Waals surface area contributed by atoms with Crippen LogP contribution in [0.1, 0.15) is 0 Å². The van der Waals surface area contributed by atoms with Gasteiger partial charge in [-0.2, -0.15) is 0 Å². The van der Waals surface area contributed by atoms with Gasteiger partial charge in [-0.25, -0.2) is 0 Å². The maximum absolute atomic E-state index is 9.88. The molecule has 0 saturated carbocycles. The van der Waals surface area contributed by atoms with Gasteiger partial charge in [0.25, 0.3) is 0 Å². The van der Waals surface area contributed by atoms with E-state index in [4.69, 9.17) is 5.11 Å². The molecule has 0 saturated heterocycles. The van der Waals surface area contributed by atoms with Crippen LogP contribution in [0.15, 0.2) is 0 Å². The Morgan fingerprint density at radius 1 is 1.50 bits per heavy atom. The highest BCUT2D eigenvalue weighted by Gasteiger charge is 1.92. The first-order chi connectivity index (χ1) is 4.77. The van der Waals surface area contributed by atoms with E-state index in [-0.39, 0.29) is 6.54 Å². The molecule has 0 aliphatic rings. The molecule has 58 valence electrons. The lowest BCUT2D eigenvalue weighted by atomic mass is 10.6. The summed E-state index contributed by atoms with van der Waals surface area (Å²) in [5, 5.41) is 13.1. The molecule has 0 atom stereocenters. The van der Waals surface area contributed by atoms with E-state index in [0.717, 1.165) is 0 Å². The van der Waals surface area contributed by atoms with Gasteiger partial charge in [0.1, 0.15) is 0 Å². The van der Waals surface area contributed by atoms with Crippen molar-refractivity contribution in [3.63, 3.8) is 0 Å². The highest BCUT2D eigenvalue weighted by molar-refractivity contribution is 5.68. The molecule has 0 aromatic carbocycles. The van der Waals surface area contributed by atoms with Crippen LogP contribution in [0, 0.1) is 0 Å². The highest BCUT2D eigenvalue weighted by atomic mass is 16.4. The molecule has 10 heavy (non-hydrogen) atoms. The zero-order valence-electron chi connectivity index (χ0n) is 5.46. The summed E-state index contributed by atoms with van der Waals surface area (Å²) in [5.41, 5.74) is 0. The van der Waals surface area contributed by atoms with E-state index < -0.39 is 5.97 Å². The molecule has 0 aromatic rings. The van der Waals surface area contributed by atoms with Gasteiger partial charge in [0, 0.05) is 13.1 Å². The Morgan fingerprint density at radius 3 is 2.70 bits per heavy atom. The minimum atomic E-state index is -0.897. The molecule has 0 unspecified atom stereocenters. The highest BCUT2D eigenvalue weighted by Crippen LogP contribution is 1.59. The Bertz CT molecular complexity index is 115. The van der Waals surface area contributed by atoms with E-state index in [2.05, 4.69) is 10.6 Å². The first-order valence-electron chi connectivity index (χ1n) is 2.87. The summed E-state index contributed by atoms with van der Waals surface area (Å²) in [6.45, 7) is 0.863. The number of carboxylic acid groups (broad SMARTS) is 1. The predicted molar refractivity (Wildman–Crippen MR) is 34.6 cm³/mol. The maximum Gasteiger partial charge on any atom is 0.317 e. The van der Waals surface area contributed by atoms with Crippen LogP contribution in [0.25, 0.3) is 0 Å². The largest absolute Gasteiger partial charge is 0.480 e. The van der Waals surface area contributed by atoms with Crippen molar-refractivity contribution in [2.75, 3.05) is 19.6 Å². The number of hydrogen-bond donors (Lipinski definition) is 3. The Balaban J connectivity index is 2.90. The second kappa shape index (κ2) is 6.03. The van der Waals surface area contributed by atoms with Gasteiger partial charge in [0.2, 0.25) is 6.41 Å². The topological polar surface area (TPSA) is 78.4 Å². The predicted octanol–water partition coefficient (Wildman–Crippen LogP) is -1.59. The maximum atomic E-state index is 9.88. The van der Waals surface area contributed by atoms with Crippen LogP contribution < -0.4 is 10.6 Å². The van der Waals surface area contributed by atoms with E-state index in [1.807, 2.05) is 0 Å². The van der Waals surface area contributed by atoms with Gasteiger partial charge in [-0.05, 0) is 0 Å². The minimum absolute atomic E-state index is 0.0689. The van der Waals surface area contributed by atoms with Gasteiger partial charge < -0.3 is 15.7 Å². The van der Waals surface area contributed by atoms with Gasteiger partial charge >= 0.3 is 5.97 Å². The van der Waals surface area contributed by atoms with Crippen molar-refractivity contribution in [2.45, 2.75) is 0 Å². The molecular formula is C5H10N2O3. The summed E-state index contributed by atoms with van der Waals surface area (Å²) in [5.74, 6) is -0.897. The van der Waals surface area contributed by atoms with Crippen molar-refractivity contribution < 1.29 is 14.7 Å². The number of carbonyl (C=O) groups excluding carboxylic acids is 1. The van der Waals surface area contributed by atoms with Crippen molar-refractivity contribution >= 4 is 12.4 Å². The van der Waals surface area contributed by atoms with Crippen LogP contribution in [0.5, 0.6) is 0 Å². The molecule has 0 aromatic heterocycles. The van der Waals surface area contributed by atoms with Crippen molar-refractivity contribution in [2.24, 2.45) is 0 Å². The fourth-order valence-corrected chi connectivity index (χ4v) is 0.415. The van der Waals surface area contributed by atoms with Gasteiger partial charge in [-0.15, -0.1) is 0 Å². The molecule has 0 heterocycles. The molecule has 1 amide bonds. The molecule has 0 rings (SSSR count). The molecular weight excluding hydrogens is 136 g/mol. The quantitative estimate of drug-likeness (QED) is 0.312. The molecule has 3 N–H and O–H groups in total. The molecule has 0 radical (unpaired) electrons. The number of aliphatic carboxylic acids is 1. The third kappa shape index (κ3) is 6.90. The number of hydrogen-bond acceptors (Lipinski definition) is 3. The lowest BCUT2D eigenvalue weighted by Gasteiger charge is -1.98. The van der Waals surface area contributed by atoms with Gasteiger partial charge in [0.15, 0.2) is 0 Å². The second-order valence-electron chi connectivity index (χ2n) is 1.64. The second-order valence-corrected chi connectivity index (χ2v) is 1.64. The van der Waals surface area contributed by atoms with Crippen LogP contribution in [-0.4, -0.2) is 37.1 Å². The van der Waals surface area contributed by atoms with Crippen LogP contribution in [0.4, 0.5) is 0 Å². The van der Waals surface area contributed by atoms with Crippen LogP contribution in [0.2, 0.25) is 0 Å². The fraction of sp³-hybridized carbons (Fsp3) is 0.600. The molecule has 0 fully saturated rings. The monoisotopic (exact) mass is 146 g/mol. The fourth-order valence-electron chi connectivity index (χ4n) is 0.415. The van der Waals surface area contributed by atoms with Gasteiger partial charge in [-0.3, -0.25) is 9.59 Å². The van der Waals surface area contributed by atoms with E-state index in [1.54, 1.807) is 0 Å². The number of carbonyl (C=O) groups is 2. The smallest absolute Gasteiger partial charge is 0.317 e. The lowest BCUT2D eigenvalue weighted by molar-refractivity contribution is -0.135. The van der Waals surface area contributed by atoms with E-state index in [9.17, 15) is 9.59 Å². The van der Waals surface area contributed by atoms with Gasteiger partial charge in [0.05, 0.1) is 6.54 Å². The zero-order valence-corrected chi connectivity index (χ0v) is 5.46. The normalized spacial score (nSPS) is 8.80. The Morgan fingerprint density at radius 2 is 2.20 bits per heavy atom. The summed E-state index contributed by atoms with van der Waals surface area (Å²) < 4.78 is 0. The van der Waals surface area contributed by atoms with Crippen LogP contribution in [0.3, 0.4) is 0 Å². The standard InChI is InChI=1S/C5H10N2O3/c8-4-7-2-1-6-3-5(9)10/h4,6H,1-3H2,(H,7,8)(H,9,10). The third-order valence-electron chi connectivity index (χ3n) is 0.806. The third-order valence-corrected chi connectivity index (χ3v) is 0.806. The first kappa shape index (κ1) is 8.90. The van der Waals surface area contributed by atoms with Crippen LogP contribution in [-0.2, 0) is 9.59 Å². The average Bonchev–Trinajstić information content (AvgIpc) is 1.87. The summed E-state index contributed by atoms with van der Waals surface area (Å²) in [4.78, 5) is 19.5. The molecule has 5 nitrogen and oxygen atoms in total. The van der Waals surface area contributed by atoms with Crippen molar-refractivity contribution in [3.05, 3.63) is 0 Å². The summed E-state index contributed by atoms with van der Waals surface area (Å²) in [6.07, 6.45) is 0.572. The minimum Gasteiger partial charge on any atom is -0.480 e. The molecule has 0 aliphatic carbocycles. The number of nitrogens with one attached hydrogen (secondary N) is 2. The SMILES string of the molecule is O=CNCCNCC(=O)O. The summed E-state index contributed by atoms with van der Waals surface area (Å²) in [6, 6.07) is 0. The average molecular weight is 146 g/mol. The van der Waals surface area contributed by atoms with Crippen LogP contribution >= 0.6 is 0 Å². The summed E-state index contributed by atoms with van der Waals surface area (Å²) >= 11 is 0. The van der Waals surface area contributed by atoms with Crippen molar-refractivity contribution in [1.82, 2.24) is 10.6 Å². The molecule has 0 aliphatic heterocycles. The van der Waals surface area contributed by atoms with Crippen molar-refractivity contribution in [1.29, 1.82) is 0 Å². The van der Waals surface area contributed by atoms with E-state index >= 15 is 0 Å².